The fraction of sp³-hybridized carbons (Fsp3) is 0.0625. The number of anilines is 1. The number of benzene rings is 2. The maximum atomic E-state index is 13.6. The third kappa shape index (κ3) is 2.21. The minimum atomic E-state index is -0.459. The fourth-order valence-electron chi connectivity index (χ4n) is 2.18. The van der Waals surface area contributed by atoms with Gasteiger partial charge in [0.15, 0.2) is 0 Å². The van der Waals surface area contributed by atoms with Crippen LogP contribution in [-0.4, -0.2) is 12.0 Å². The Kier molecular flexibility index (Phi) is 3.28. The van der Waals surface area contributed by atoms with Crippen LogP contribution in [0.4, 0.5) is 10.1 Å². The van der Waals surface area contributed by atoms with E-state index in [2.05, 4.69) is 10.3 Å². The third-order valence-electron chi connectivity index (χ3n) is 3.19. The molecule has 4 heteroatoms. The van der Waals surface area contributed by atoms with Crippen LogP contribution in [-0.2, 0) is 0 Å². The number of nitrogens with zero attached hydrogens (tertiary/aromatic N) is 1. The highest BCUT2D eigenvalue weighted by atomic mass is 35.5. The van der Waals surface area contributed by atoms with Gasteiger partial charge in [-0.25, -0.2) is 9.37 Å². The summed E-state index contributed by atoms with van der Waals surface area (Å²) in [7, 11) is 1.82. The van der Waals surface area contributed by atoms with E-state index in [1.54, 1.807) is 6.07 Å². The lowest BCUT2D eigenvalue weighted by Crippen LogP contribution is -1.95. The fourth-order valence-corrected chi connectivity index (χ4v) is 2.35. The van der Waals surface area contributed by atoms with Crippen LogP contribution < -0.4 is 5.32 Å². The molecule has 1 aromatic heterocycles. The lowest BCUT2D eigenvalue weighted by molar-refractivity contribution is 0.630. The number of aromatic nitrogens is 1. The molecule has 0 aliphatic rings. The van der Waals surface area contributed by atoms with Gasteiger partial charge >= 0.3 is 0 Å². The molecule has 0 amide bonds. The highest BCUT2D eigenvalue weighted by Crippen LogP contribution is 2.31. The highest BCUT2D eigenvalue weighted by molar-refractivity contribution is 6.31. The molecular weight excluding hydrogens is 275 g/mol. The van der Waals surface area contributed by atoms with E-state index in [4.69, 9.17) is 11.6 Å². The van der Waals surface area contributed by atoms with Crippen molar-refractivity contribution in [3.8, 4) is 11.3 Å². The quantitative estimate of drug-likeness (QED) is 0.736. The van der Waals surface area contributed by atoms with Gasteiger partial charge < -0.3 is 5.32 Å². The normalized spacial score (nSPS) is 10.8. The second-order valence-corrected chi connectivity index (χ2v) is 4.86. The van der Waals surface area contributed by atoms with E-state index < -0.39 is 5.82 Å². The molecule has 2 aromatic carbocycles. The maximum Gasteiger partial charge on any atom is 0.143 e. The molecule has 0 radical (unpaired) electrons. The van der Waals surface area contributed by atoms with Crippen LogP contribution in [0.2, 0.25) is 5.02 Å². The summed E-state index contributed by atoms with van der Waals surface area (Å²) >= 11 is 5.84. The zero-order valence-electron chi connectivity index (χ0n) is 10.8. The summed E-state index contributed by atoms with van der Waals surface area (Å²) in [6.45, 7) is 0. The number of rotatable bonds is 2. The number of hydrogen-bond acceptors (Lipinski definition) is 2. The van der Waals surface area contributed by atoms with Crippen molar-refractivity contribution >= 4 is 28.2 Å². The maximum absolute atomic E-state index is 13.6. The van der Waals surface area contributed by atoms with Crippen LogP contribution in [0.1, 0.15) is 0 Å². The standard InChI is InChI=1S/C16H12ClFN2/c1-19-15-9-14(10-5-3-2-4-6-10)20-16-8-13(18)12(17)7-11(15)16/h2-9H,1H3,(H,19,20). The summed E-state index contributed by atoms with van der Waals surface area (Å²) in [6.07, 6.45) is 0. The molecule has 0 saturated carbocycles. The van der Waals surface area contributed by atoms with E-state index in [1.165, 1.54) is 6.07 Å². The van der Waals surface area contributed by atoms with Gasteiger partial charge in [0.05, 0.1) is 16.2 Å². The second-order valence-electron chi connectivity index (χ2n) is 4.45. The summed E-state index contributed by atoms with van der Waals surface area (Å²) in [5.41, 5.74) is 3.23. The first-order valence-electron chi connectivity index (χ1n) is 6.22. The predicted octanol–water partition coefficient (Wildman–Crippen LogP) is 4.74. The zero-order valence-corrected chi connectivity index (χ0v) is 11.6. The number of halogens is 2. The van der Waals surface area contributed by atoms with Gasteiger partial charge in [-0.1, -0.05) is 41.9 Å². The monoisotopic (exact) mass is 286 g/mol. The Bertz CT molecular complexity index is 772. The van der Waals surface area contributed by atoms with Crippen molar-refractivity contribution in [2.24, 2.45) is 0 Å². The second kappa shape index (κ2) is 5.10. The number of pyridine rings is 1. The first-order chi connectivity index (χ1) is 9.69. The third-order valence-corrected chi connectivity index (χ3v) is 3.48. The SMILES string of the molecule is CNc1cc(-c2ccccc2)nc2cc(F)c(Cl)cc12. The molecule has 20 heavy (non-hydrogen) atoms. The van der Waals surface area contributed by atoms with Crippen molar-refractivity contribution in [2.75, 3.05) is 12.4 Å². The molecule has 100 valence electrons. The largest absolute Gasteiger partial charge is 0.388 e. The Hall–Kier alpha value is -2.13. The smallest absolute Gasteiger partial charge is 0.143 e. The molecule has 3 aromatic rings. The number of hydrogen-bond donors (Lipinski definition) is 1. The molecule has 0 saturated heterocycles. The van der Waals surface area contributed by atoms with Crippen molar-refractivity contribution in [3.63, 3.8) is 0 Å². The van der Waals surface area contributed by atoms with Crippen molar-refractivity contribution in [3.05, 3.63) is 59.4 Å². The molecule has 0 unspecified atom stereocenters. The Labute approximate surface area is 121 Å². The summed E-state index contributed by atoms with van der Waals surface area (Å²) in [5, 5.41) is 4.01. The molecule has 1 N–H and O–H groups in total. The Morgan fingerprint density at radius 1 is 1.10 bits per heavy atom. The van der Waals surface area contributed by atoms with Gasteiger partial charge in [-0.2, -0.15) is 0 Å². The lowest BCUT2D eigenvalue weighted by Gasteiger charge is -2.10. The van der Waals surface area contributed by atoms with Gasteiger partial charge in [-0.3, -0.25) is 0 Å². The Balaban J connectivity index is 2.29. The molecule has 0 aliphatic carbocycles. The summed E-state index contributed by atoms with van der Waals surface area (Å²) in [5.74, 6) is -0.459. The molecular formula is C16H12ClFN2. The molecule has 0 fully saturated rings. The van der Waals surface area contributed by atoms with Crippen LogP contribution in [0.5, 0.6) is 0 Å². The predicted molar refractivity (Wildman–Crippen MR) is 81.7 cm³/mol. The average molecular weight is 287 g/mol. The van der Waals surface area contributed by atoms with Crippen molar-refractivity contribution in [1.29, 1.82) is 0 Å². The van der Waals surface area contributed by atoms with Crippen LogP contribution >= 0.6 is 11.6 Å². The van der Waals surface area contributed by atoms with Crippen LogP contribution in [0.15, 0.2) is 48.5 Å². The molecule has 1 heterocycles. The number of nitrogens with one attached hydrogen (secondary N) is 1. The summed E-state index contributed by atoms with van der Waals surface area (Å²) < 4.78 is 13.6. The lowest BCUT2D eigenvalue weighted by atomic mass is 10.1. The average Bonchev–Trinajstić information content (AvgIpc) is 2.48. The molecule has 3 rings (SSSR count). The minimum absolute atomic E-state index is 0.100. The van der Waals surface area contributed by atoms with Gasteiger partial charge in [-0.05, 0) is 12.1 Å². The van der Waals surface area contributed by atoms with E-state index >= 15 is 0 Å². The van der Waals surface area contributed by atoms with Gasteiger partial charge in [-0.15, -0.1) is 0 Å². The zero-order chi connectivity index (χ0) is 14.1. The van der Waals surface area contributed by atoms with Crippen molar-refractivity contribution in [2.45, 2.75) is 0 Å². The van der Waals surface area contributed by atoms with Crippen LogP contribution in [0.25, 0.3) is 22.2 Å². The van der Waals surface area contributed by atoms with E-state index in [0.717, 1.165) is 22.3 Å². The van der Waals surface area contributed by atoms with Crippen LogP contribution in [0, 0.1) is 5.82 Å². The highest BCUT2D eigenvalue weighted by Gasteiger charge is 2.10. The summed E-state index contributed by atoms with van der Waals surface area (Å²) in [6, 6.07) is 14.7. The Morgan fingerprint density at radius 3 is 2.55 bits per heavy atom. The first kappa shape index (κ1) is 12.9. The van der Waals surface area contributed by atoms with Crippen LogP contribution in [0.3, 0.4) is 0 Å². The molecule has 0 bridgehead atoms. The first-order valence-corrected chi connectivity index (χ1v) is 6.60. The van der Waals surface area contributed by atoms with E-state index in [0.29, 0.717) is 5.52 Å². The van der Waals surface area contributed by atoms with E-state index in [1.807, 2.05) is 43.4 Å². The van der Waals surface area contributed by atoms with E-state index in [9.17, 15) is 4.39 Å². The Morgan fingerprint density at radius 2 is 1.85 bits per heavy atom. The van der Waals surface area contributed by atoms with Gasteiger partial charge in [0, 0.05) is 29.8 Å². The molecule has 0 aliphatic heterocycles. The van der Waals surface area contributed by atoms with Crippen molar-refractivity contribution < 1.29 is 4.39 Å². The van der Waals surface area contributed by atoms with Gasteiger partial charge in [0.2, 0.25) is 0 Å². The molecule has 0 spiro atoms. The minimum Gasteiger partial charge on any atom is -0.388 e. The molecule has 0 atom stereocenters. The van der Waals surface area contributed by atoms with Gasteiger partial charge in [0.1, 0.15) is 5.82 Å². The molecule has 2 nitrogen and oxygen atoms in total. The number of fused-ring (bicyclic) bond motifs is 1. The topological polar surface area (TPSA) is 24.9 Å². The van der Waals surface area contributed by atoms with E-state index in [-0.39, 0.29) is 5.02 Å². The van der Waals surface area contributed by atoms with Gasteiger partial charge in [0.25, 0.3) is 0 Å². The van der Waals surface area contributed by atoms with Crippen molar-refractivity contribution in [1.82, 2.24) is 4.98 Å². The summed E-state index contributed by atoms with van der Waals surface area (Å²) in [4.78, 5) is 4.52.